The summed E-state index contributed by atoms with van der Waals surface area (Å²) >= 11 is 0. The molecule has 2 heterocycles. The number of esters is 1. The zero-order valence-corrected chi connectivity index (χ0v) is 23.5. The Morgan fingerprint density at radius 3 is 2.46 bits per heavy atom. The Bertz CT molecular complexity index is 1120. The summed E-state index contributed by atoms with van der Waals surface area (Å²) in [6.07, 6.45) is -2.02. The molecule has 0 bridgehead atoms. The van der Waals surface area contributed by atoms with Gasteiger partial charge < -0.3 is 50.1 Å². The van der Waals surface area contributed by atoms with Gasteiger partial charge in [0.05, 0.1) is 35.7 Å². The fraction of sp³-hybridized carbons (Fsp3) is 0.862. The van der Waals surface area contributed by atoms with Gasteiger partial charge in [0.15, 0.2) is 6.29 Å². The Morgan fingerprint density at radius 2 is 1.78 bits per heavy atom. The van der Waals surface area contributed by atoms with E-state index in [1.165, 1.54) is 12.3 Å². The van der Waals surface area contributed by atoms with E-state index in [0.717, 1.165) is 5.57 Å². The molecular weight excluding hydrogens is 538 g/mol. The molecule has 4 saturated carbocycles. The van der Waals surface area contributed by atoms with Gasteiger partial charge in [0.25, 0.3) is 0 Å². The topological polar surface area (TPSA) is 199 Å². The Hall–Kier alpha value is -1.64. The van der Waals surface area contributed by atoms with Gasteiger partial charge in [-0.15, -0.1) is 5.16 Å². The predicted molar refractivity (Wildman–Crippen MR) is 140 cm³/mol. The molecule has 2 aliphatic heterocycles. The van der Waals surface area contributed by atoms with Crippen LogP contribution in [0.4, 0.5) is 0 Å². The van der Waals surface area contributed by atoms with E-state index in [9.17, 15) is 40.6 Å². The molecule has 12 heteroatoms. The Kier molecular flexibility index (Phi) is 7.14. The maximum Gasteiger partial charge on any atom is 0.331 e. The van der Waals surface area contributed by atoms with E-state index in [-0.39, 0.29) is 44.2 Å². The quantitative estimate of drug-likeness (QED) is 0.0774. The monoisotopic (exact) mass is 581 g/mol. The molecule has 0 radical (unpaired) electrons. The van der Waals surface area contributed by atoms with Crippen LogP contribution >= 0.6 is 0 Å². The van der Waals surface area contributed by atoms with E-state index in [2.05, 4.69) is 5.16 Å². The molecule has 6 aliphatic rings. The van der Waals surface area contributed by atoms with Gasteiger partial charge in [0.1, 0.15) is 24.9 Å². The molecular formula is C29H43NO11. The van der Waals surface area contributed by atoms with Gasteiger partial charge in [-0.3, -0.25) is 0 Å². The van der Waals surface area contributed by atoms with Gasteiger partial charge in [-0.1, -0.05) is 6.92 Å². The van der Waals surface area contributed by atoms with Crippen molar-refractivity contribution in [2.75, 3.05) is 6.61 Å². The predicted octanol–water partition coefficient (Wildman–Crippen LogP) is -0.0181. The van der Waals surface area contributed by atoms with Crippen molar-refractivity contribution in [3.05, 3.63) is 11.6 Å². The molecule has 0 aromatic heterocycles. The number of carbonyl (C=O) groups excluding carboxylic acids is 1. The first kappa shape index (κ1) is 29.4. The van der Waals surface area contributed by atoms with Crippen LogP contribution in [0.5, 0.6) is 0 Å². The average Bonchev–Trinajstić information content (AvgIpc) is 3.46. The van der Waals surface area contributed by atoms with Crippen molar-refractivity contribution in [3.8, 4) is 0 Å². The minimum Gasteiger partial charge on any atom is -0.458 e. The first-order chi connectivity index (χ1) is 19.3. The number of ether oxygens (including phenoxy) is 3. The van der Waals surface area contributed by atoms with E-state index >= 15 is 0 Å². The van der Waals surface area contributed by atoms with E-state index in [4.69, 9.17) is 14.2 Å². The first-order valence-corrected chi connectivity index (χ1v) is 14.8. The van der Waals surface area contributed by atoms with Crippen LogP contribution in [0.25, 0.3) is 0 Å². The third-order valence-corrected chi connectivity index (χ3v) is 12.0. The van der Waals surface area contributed by atoms with Crippen LogP contribution in [0.3, 0.4) is 0 Å². The molecule has 4 aliphatic carbocycles. The first-order valence-electron chi connectivity index (χ1n) is 14.8. The average molecular weight is 582 g/mol. The lowest BCUT2D eigenvalue weighted by atomic mass is 9.41. The van der Waals surface area contributed by atoms with Crippen molar-refractivity contribution in [3.63, 3.8) is 0 Å². The number of aliphatic hydroxyl groups is 6. The van der Waals surface area contributed by atoms with Gasteiger partial charge in [-0.2, -0.15) is 0 Å². The molecule has 41 heavy (non-hydrogen) atoms. The molecule has 0 spiro atoms. The van der Waals surface area contributed by atoms with Crippen molar-refractivity contribution in [1.29, 1.82) is 0 Å². The molecule has 0 unspecified atom stereocenters. The molecule has 7 N–H and O–H groups in total. The van der Waals surface area contributed by atoms with Gasteiger partial charge in [-0.05, 0) is 69.3 Å². The minimum absolute atomic E-state index is 0.0965. The molecule has 14 atom stereocenters. The number of carbonyl (C=O) groups is 1. The Morgan fingerprint density at radius 1 is 1.02 bits per heavy atom. The standard InChI is InChI=1S/C29H43NO11/c1-14-22(33)23(34)24(35)25(40-14)41-16-3-6-27(13-30-38)21-18(4-7-28(27,36)10-16)29(37)8-5-17(15-9-20(32)39-12-15)26(29,2)11-19(21)31/h9,13-14,16-19,21-25,31,33-38H,3-8,10-12H2,1-2H3/b30-13-/t14-,16+,17-,18-,19+,21+,22-,23-,24-,25+,26+,27-,28-,29+/m0/s1. The second-order valence-electron chi connectivity index (χ2n) is 13.7. The number of nitrogens with zero attached hydrogens (tertiary/aromatic N) is 1. The van der Waals surface area contributed by atoms with Crippen LogP contribution in [-0.4, -0.2) is 109 Å². The lowest BCUT2D eigenvalue weighted by Gasteiger charge is -2.67. The summed E-state index contributed by atoms with van der Waals surface area (Å²) in [5, 5.41) is 80.4. The SMILES string of the molecule is C[C@@H]1O[C@H](O[C@@H]2CC[C@]3(/C=N\O)[C@H]4[C@H](O)C[C@]5(C)[C@H](C6=CC(=O)OC6)CC[C@@]5(O)[C@H]4CC[C@]3(O)C2)[C@@H](O)[C@@H](O)[C@H]1O. The second kappa shape index (κ2) is 9.95. The maximum atomic E-state index is 12.4. The summed E-state index contributed by atoms with van der Waals surface area (Å²) in [4.78, 5) is 11.8. The van der Waals surface area contributed by atoms with Crippen LogP contribution in [0, 0.1) is 28.6 Å². The molecule has 0 aromatic rings. The van der Waals surface area contributed by atoms with E-state index in [0.29, 0.717) is 25.7 Å². The summed E-state index contributed by atoms with van der Waals surface area (Å²) < 4.78 is 16.8. The number of hydrogen-bond donors (Lipinski definition) is 7. The second-order valence-corrected chi connectivity index (χ2v) is 13.7. The summed E-state index contributed by atoms with van der Waals surface area (Å²) in [5.41, 5.74) is -3.65. The zero-order valence-electron chi connectivity index (χ0n) is 23.5. The van der Waals surface area contributed by atoms with Gasteiger partial charge in [-0.25, -0.2) is 4.79 Å². The molecule has 12 nitrogen and oxygen atoms in total. The van der Waals surface area contributed by atoms with Crippen LogP contribution < -0.4 is 0 Å². The van der Waals surface area contributed by atoms with Crippen LogP contribution in [0.1, 0.15) is 65.2 Å². The highest BCUT2D eigenvalue weighted by Gasteiger charge is 2.73. The Labute approximate surface area is 238 Å². The molecule has 0 aromatic carbocycles. The van der Waals surface area contributed by atoms with Gasteiger partial charge in [0, 0.05) is 29.2 Å². The normalized spacial score (nSPS) is 55.2. The fourth-order valence-electron chi connectivity index (χ4n) is 9.94. The lowest BCUT2D eigenvalue weighted by Crippen LogP contribution is -2.72. The largest absolute Gasteiger partial charge is 0.458 e. The van der Waals surface area contributed by atoms with Crippen LogP contribution in [0.15, 0.2) is 16.8 Å². The summed E-state index contributed by atoms with van der Waals surface area (Å²) in [7, 11) is 0. The van der Waals surface area contributed by atoms with E-state index in [1.807, 2.05) is 6.92 Å². The molecule has 1 saturated heterocycles. The van der Waals surface area contributed by atoms with Crippen molar-refractivity contribution in [2.24, 2.45) is 33.7 Å². The summed E-state index contributed by atoms with van der Waals surface area (Å²) in [5.74, 6) is -1.50. The Balaban J connectivity index is 1.28. The number of aliphatic hydroxyl groups excluding tert-OH is 4. The zero-order chi connectivity index (χ0) is 29.5. The number of oxime groups is 1. The van der Waals surface area contributed by atoms with E-state index < -0.39 is 76.8 Å². The highest BCUT2D eigenvalue weighted by atomic mass is 16.7. The van der Waals surface area contributed by atoms with Crippen LogP contribution in [0.2, 0.25) is 0 Å². The number of cyclic esters (lactones) is 1. The summed E-state index contributed by atoms with van der Waals surface area (Å²) in [6, 6.07) is 0. The van der Waals surface area contributed by atoms with Gasteiger partial charge in [0.2, 0.25) is 0 Å². The van der Waals surface area contributed by atoms with Gasteiger partial charge >= 0.3 is 5.97 Å². The smallest absolute Gasteiger partial charge is 0.331 e. The van der Waals surface area contributed by atoms with Crippen LogP contribution in [-0.2, 0) is 19.0 Å². The molecule has 5 fully saturated rings. The minimum atomic E-state index is -1.48. The fourth-order valence-corrected chi connectivity index (χ4v) is 9.94. The van der Waals surface area contributed by atoms with Crippen molar-refractivity contribution < 1.29 is 54.9 Å². The molecule has 0 amide bonds. The third kappa shape index (κ3) is 4.09. The van der Waals surface area contributed by atoms with Crippen molar-refractivity contribution in [1.82, 2.24) is 0 Å². The number of rotatable bonds is 4. The highest BCUT2D eigenvalue weighted by molar-refractivity contribution is 5.85. The number of hydrogen-bond acceptors (Lipinski definition) is 12. The van der Waals surface area contributed by atoms with E-state index in [1.54, 1.807) is 6.92 Å². The lowest BCUT2D eigenvalue weighted by molar-refractivity contribution is -0.318. The summed E-state index contributed by atoms with van der Waals surface area (Å²) in [6.45, 7) is 3.74. The molecule has 6 rings (SSSR count). The van der Waals surface area contributed by atoms with Crippen molar-refractivity contribution >= 4 is 12.2 Å². The maximum absolute atomic E-state index is 12.4. The van der Waals surface area contributed by atoms with Crippen molar-refractivity contribution in [2.45, 2.75) is 119 Å². The number of fused-ring (bicyclic) bond motifs is 5. The highest BCUT2D eigenvalue weighted by Crippen LogP contribution is 2.70. The molecule has 230 valence electrons. The third-order valence-electron chi connectivity index (χ3n) is 12.0.